The van der Waals surface area contributed by atoms with E-state index in [4.69, 9.17) is 5.73 Å². The number of rotatable bonds is 3. The number of hydrogen-bond donors (Lipinski definition) is 2. The zero-order valence-corrected chi connectivity index (χ0v) is 12.2. The van der Waals surface area contributed by atoms with Crippen LogP contribution in [0.5, 0.6) is 0 Å². The van der Waals surface area contributed by atoms with Gasteiger partial charge >= 0.3 is 0 Å². The second-order valence-electron chi connectivity index (χ2n) is 5.62. The number of aryl methyl sites for hydroxylation is 2. The van der Waals surface area contributed by atoms with Crippen molar-refractivity contribution in [3.05, 3.63) is 33.9 Å². The standard InChI is InChI=1S/C15H26N2/c1-9-8-10(2)12(4)13(11(9)3)14(16)15(5,6)17-7/h8,14,17H,16H2,1-7H3. The van der Waals surface area contributed by atoms with Crippen molar-refractivity contribution in [3.8, 4) is 0 Å². The zero-order valence-electron chi connectivity index (χ0n) is 12.2. The third kappa shape index (κ3) is 2.53. The third-order valence-corrected chi connectivity index (χ3v) is 4.16. The van der Waals surface area contributed by atoms with E-state index < -0.39 is 0 Å². The summed E-state index contributed by atoms with van der Waals surface area (Å²) in [5.41, 5.74) is 12.9. The lowest BCUT2D eigenvalue weighted by Gasteiger charge is -2.34. The van der Waals surface area contributed by atoms with Crippen molar-refractivity contribution in [2.75, 3.05) is 7.05 Å². The first-order chi connectivity index (χ1) is 7.72. The van der Waals surface area contributed by atoms with E-state index in [0.717, 1.165) is 0 Å². The highest BCUT2D eigenvalue weighted by Gasteiger charge is 2.28. The molecule has 1 rings (SSSR count). The minimum Gasteiger partial charge on any atom is -0.322 e. The molecule has 1 unspecified atom stereocenters. The van der Waals surface area contributed by atoms with E-state index in [0.29, 0.717) is 0 Å². The Morgan fingerprint density at radius 2 is 1.47 bits per heavy atom. The normalized spacial score (nSPS) is 13.9. The Bertz CT molecular complexity index is 393. The Balaban J connectivity index is 3.41. The van der Waals surface area contributed by atoms with E-state index in [9.17, 15) is 0 Å². The molecule has 0 amide bonds. The van der Waals surface area contributed by atoms with Crippen molar-refractivity contribution in [1.82, 2.24) is 5.32 Å². The average molecular weight is 234 g/mol. The quantitative estimate of drug-likeness (QED) is 0.844. The molecule has 0 spiro atoms. The Labute approximate surface area is 106 Å². The Hall–Kier alpha value is -0.860. The highest BCUT2D eigenvalue weighted by molar-refractivity contribution is 5.46. The number of benzene rings is 1. The van der Waals surface area contributed by atoms with Crippen LogP contribution in [0.25, 0.3) is 0 Å². The molecule has 0 saturated heterocycles. The Kier molecular flexibility index (Phi) is 4.00. The number of nitrogens with one attached hydrogen (secondary N) is 1. The summed E-state index contributed by atoms with van der Waals surface area (Å²) in [5.74, 6) is 0. The number of hydrogen-bond acceptors (Lipinski definition) is 2. The SMILES string of the molecule is CNC(C)(C)C(N)c1c(C)c(C)cc(C)c1C. The van der Waals surface area contributed by atoms with Crippen LogP contribution in [-0.4, -0.2) is 12.6 Å². The molecule has 1 aromatic carbocycles. The van der Waals surface area contributed by atoms with E-state index in [1.54, 1.807) is 0 Å². The summed E-state index contributed by atoms with van der Waals surface area (Å²) < 4.78 is 0. The van der Waals surface area contributed by atoms with Gasteiger partial charge in [0.1, 0.15) is 0 Å². The second-order valence-corrected chi connectivity index (χ2v) is 5.62. The molecule has 2 nitrogen and oxygen atoms in total. The van der Waals surface area contributed by atoms with Crippen molar-refractivity contribution in [3.63, 3.8) is 0 Å². The molecule has 0 radical (unpaired) electrons. The molecule has 0 aliphatic carbocycles. The molecule has 1 aromatic rings. The predicted molar refractivity (Wildman–Crippen MR) is 75.5 cm³/mol. The summed E-state index contributed by atoms with van der Waals surface area (Å²) in [6, 6.07) is 2.25. The van der Waals surface area contributed by atoms with Gasteiger partial charge in [-0.25, -0.2) is 0 Å². The maximum Gasteiger partial charge on any atom is 0.0479 e. The topological polar surface area (TPSA) is 38.0 Å². The molecule has 0 aliphatic heterocycles. The second kappa shape index (κ2) is 4.79. The highest BCUT2D eigenvalue weighted by atomic mass is 15.0. The predicted octanol–water partition coefficient (Wildman–Crippen LogP) is 2.92. The summed E-state index contributed by atoms with van der Waals surface area (Å²) in [6.45, 7) is 12.9. The van der Waals surface area contributed by atoms with Gasteiger partial charge in [0.15, 0.2) is 0 Å². The van der Waals surface area contributed by atoms with Crippen molar-refractivity contribution >= 4 is 0 Å². The molecule has 0 aromatic heterocycles. The molecule has 17 heavy (non-hydrogen) atoms. The maximum atomic E-state index is 6.46. The van der Waals surface area contributed by atoms with Crippen LogP contribution in [0, 0.1) is 27.7 Å². The largest absolute Gasteiger partial charge is 0.322 e. The van der Waals surface area contributed by atoms with E-state index in [-0.39, 0.29) is 11.6 Å². The lowest BCUT2D eigenvalue weighted by atomic mass is 9.82. The van der Waals surface area contributed by atoms with Crippen LogP contribution in [0.3, 0.4) is 0 Å². The van der Waals surface area contributed by atoms with Crippen LogP contribution in [0.1, 0.15) is 47.7 Å². The van der Waals surface area contributed by atoms with Crippen molar-refractivity contribution in [2.24, 2.45) is 5.73 Å². The van der Waals surface area contributed by atoms with Gasteiger partial charge in [-0.2, -0.15) is 0 Å². The van der Waals surface area contributed by atoms with E-state index in [1.807, 2.05) is 7.05 Å². The monoisotopic (exact) mass is 234 g/mol. The van der Waals surface area contributed by atoms with Crippen molar-refractivity contribution < 1.29 is 0 Å². The van der Waals surface area contributed by atoms with Crippen LogP contribution in [0.4, 0.5) is 0 Å². The zero-order chi connectivity index (χ0) is 13.4. The summed E-state index contributed by atoms with van der Waals surface area (Å²) in [5, 5.41) is 3.31. The average Bonchev–Trinajstić information content (AvgIpc) is 2.26. The lowest BCUT2D eigenvalue weighted by Crippen LogP contribution is -2.47. The fourth-order valence-corrected chi connectivity index (χ4v) is 2.23. The molecule has 0 heterocycles. The molecule has 1 atom stereocenters. The van der Waals surface area contributed by atoms with E-state index in [2.05, 4.69) is 52.9 Å². The van der Waals surface area contributed by atoms with Crippen LogP contribution in [0.2, 0.25) is 0 Å². The van der Waals surface area contributed by atoms with Crippen molar-refractivity contribution in [2.45, 2.75) is 53.1 Å². The Morgan fingerprint density at radius 3 is 1.82 bits per heavy atom. The van der Waals surface area contributed by atoms with Gasteiger partial charge < -0.3 is 11.1 Å². The molecule has 3 N–H and O–H groups in total. The van der Waals surface area contributed by atoms with Gasteiger partial charge in [0, 0.05) is 11.6 Å². The molecule has 0 aliphatic rings. The van der Waals surface area contributed by atoms with Crippen LogP contribution < -0.4 is 11.1 Å². The maximum absolute atomic E-state index is 6.46. The summed E-state index contributed by atoms with van der Waals surface area (Å²) in [4.78, 5) is 0. The Morgan fingerprint density at radius 1 is 1.06 bits per heavy atom. The summed E-state index contributed by atoms with van der Waals surface area (Å²) in [7, 11) is 1.97. The summed E-state index contributed by atoms with van der Waals surface area (Å²) >= 11 is 0. The first-order valence-corrected chi connectivity index (χ1v) is 6.24. The lowest BCUT2D eigenvalue weighted by molar-refractivity contribution is 0.347. The fourth-order valence-electron chi connectivity index (χ4n) is 2.23. The number of likely N-dealkylation sites (N-methyl/N-ethyl adjacent to an activating group) is 1. The van der Waals surface area contributed by atoms with Crippen LogP contribution >= 0.6 is 0 Å². The minimum absolute atomic E-state index is 0.00565. The summed E-state index contributed by atoms with van der Waals surface area (Å²) in [6.07, 6.45) is 0. The molecule has 0 fully saturated rings. The van der Waals surface area contributed by atoms with Gasteiger partial charge in [-0.15, -0.1) is 0 Å². The van der Waals surface area contributed by atoms with Crippen LogP contribution in [0.15, 0.2) is 6.07 Å². The van der Waals surface area contributed by atoms with Crippen molar-refractivity contribution in [1.29, 1.82) is 0 Å². The number of nitrogens with two attached hydrogens (primary N) is 1. The fraction of sp³-hybridized carbons (Fsp3) is 0.600. The van der Waals surface area contributed by atoms with Crippen LogP contribution in [-0.2, 0) is 0 Å². The molecule has 0 saturated carbocycles. The molecular formula is C15H26N2. The van der Waals surface area contributed by atoms with E-state index in [1.165, 1.54) is 27.8 Å². The molecule has 0 bridgehead atoms. The first kappa shape index (κ1) is 14.2. The van der Waals surface area contributed by atoms with Gasteiger partial charge in [-0.05, 0) is 76.4 Å². The van der Waals surface area contributed by atoms with E-state index >= 15 is 0 Å². The molecular weight excluding hydrogens is 208 g/mol. The highest BCUT2D eigenvalue weighted by Crippen LogP contribution is 2.31. The third-order valence-electron chi connectivity index (χ3n) is 4.16. The van der Waals surface area contributed by atoms with Gasteiger partial charge in [0.05, 0.1) is 0 Å². The van der Waals surface area contributed by atoms with Gasteiger partial charge in [-0.3, -0.25) is 0 Å². The van der Waals surface area contributed by atoms with Gasteiger partial charge in [-0.1, -0.05) is 6.07 Å². The minimum atomic E-state index is -0.101. The molecule has 96 valence electrons. The van der Waals surface area contributed by atoms with Gasteiger partial charge in [0.2, 0.25) is 0 Å². The molecule has 2 heteroatoms. The van der Waals surface area contributed by atoms with Gasteiger partial charge in [0.25, 0.3) is 0 Å². The first-order valence-electron chi connectivity index (χ1n) is 6.24. The smallest absolute Gasteiger partial charge is 0.0479 e.